The lowest BCUT2D eigenvalue weighted by Gasteiger charge is -2.22. The van der Waals surface area contributed by atoms with Gasteiger partial charge >= 0.3 is 5.97 Å². The summed E-state index contributed by atoms with van der Waals surface area (Å²) in [6.45, 7) is 5.00. The van der Waals surface area contributed by atoms with Crippen LogP contribution in [-0.2, 0) is 20.0 Å². The third-order valence-corrected chi connectivity index (χ3v) is 7.49. The molecule has 33 heavy (non-hydrogen) atoms. The van der Waals surface area contributed by atoms with Gasteiger partial charge in [-0.15, -0.1) is 0 Å². The van der Waals surface area contributed by atoms with Gasteiger partial charge in [0, 0.05) is 54.9 Å². The standard InChI is InChI=1S/C25H30N4O4/c1-5-16-21(26-24(31)20(23(16)30)25(32)33)13-6-7-19-14(8-13)9-15(28(19)4)10-29-11-17-18(12-29)22(17)27(2)3/h6-9,17-18,22H,5,10-12H2,1-4H3,(H,32,33)(H2,26,30,31)/t17-,18+,22+. The van der Waals surface area contributed by atoms with Crippen LogP contribution in [0.3, 0.4) is 0 Å². The van der Waals surface area contributed by atoms with E-state index in [9.17, 15) is 19.8 Å². The minimum atomic E-state index is -1.44. The summed E-state index contributed by atoms with van der Waals surface area (Å²) >= 11 is 0. The summed E-state index contributed by atoms with van der Waals surface area (Å²) in [5, 5.41) is 20.8. The van der Waals surface area contributed by atoms with E-state index in [0.717, 1.165) is 54.0 Å². The number of carboxylic acid groups (broad SMARTS) is 1. The number of nitrogens with zero attached hydrogens (tertiary/aromatic N) is 3. The van der Waals surface area contributed by atoms with Crippen LogP contribution >= 0.6 is 0 Å². The van der Waals surface area contributed by atoms with Crippen LogP contribution in [0.1, 0.15) is 28.5 Å². The van der Waals surface area contributed by atoms with Crippen LogP contribution in [0, 0.1) is 11.8 Å². The number of aromatic hydroxyl groups is 1. The summed E-state index contributed by atoms with van der Waals surface area (Å²) in [7, 11) is 6.41. The number of nitrogens with one attached hydrogen (secondary N) is 1. The second-order valence-corrected chi connectivity index (χ2v) is 9.63. The van der Waals surface area contributed by atoms with Crippen LogP contribution in [0.15, 0.2) is 29.1 Å². The molecule has 2 fully saturated rings. The average Bonchev–Trinajstić information content (AvgIpc) is 3.11. The third kappa shape index (κ3) is 3.45. The molecule has 0 unspecified atom stereocenters. The Kier molecular flexibility index (Phi) is 5.10. The number of carboxylic acids is 1. The number of hydrogen-bond donors (Lipinski definition) is 3. The van der Waals surface area contributed by atoms with Crippen LogP contribution in [0.25, 0.3) is 22.2 Å². The zero-order chi connectivity index (χ0) is 23.6. The fourth-order valence-corrected chi connectivity index (χ4v) is 5.84. The number of aromatic amines is 1. The van der Waals surface area contributed by atoms with Gasteiger partial charge in [0.1, 0.15) is 5.75 Å². The van der Waals surface area contributed by atoms with Gasteiger partial charge in [0.2, 0.25) is 0 Å². The lowest BCUT2D eigenvalue weighted by molar-refractivity contribution is 0.0691. The molecule has 0 spiro atoms. The van der Waals surface area contributed by atoms with Crippen molar-refractivity contribution in [1.29, 1.82) is 0 Å². The summed E-state index contributed by atoms with van der Waals surface area (Å²) in [6.07, 6.45) is 0.390. The number of benzene rings is 1. The van der Waals surface area contributed by atoms with Crippen LogP contribution < -0.4 is 5.56 Å². The molecule has 8 heteroatoms. The van der Waals surface area contributed by atoms with Gasteiger partial charge in [-0.2, -0.15) is 0 Å². The third-order valence-electron chi connectivity index (χ3n) is 7.49. The predicted molar refractivity (Wildman–Crippen MR) is 127 cm³/mol. The maximum absolute atomic E-state index is 12.3. The first-order valence-corrected chi connectivity index (χ1v) is 11.4. The second kappa shape index (κ2) is 7.74. The van der Waals surface area contributed by atoms with Crippen molar-refractivity contribution in [2.24, 2.45) is 18.9 Å². The molecule has 2 aromatic heterocycles. The Hall–Kier alpha value is -3.10. The Morgan fingerprint density at radius 3 is 2.52 bits per heavy atom. The van der Waals surface area contributed by atoms with E-state index >= 15 is 0 Å². The SMILES string of the molecule is CCc1c(-c2ccc3c(c2)cc(CN2C[C@@H]4[C@H](C2)[C@H]4N(C)C)n3C)[nH]c(=O)c(C(=O)O)c1O. The molecule has 5 rings (SSSR count). The van der Waals surface area contributed by atoms with Gasteiger partial charge in [-0.05, 0) is 56.1 Å². The monoisotopic (exact) mass is 450 g/mol. The Balaban J connectivity index is 1.46. The number of aryl methyl sites for hydroxylation is 1. The van der Waals surface area contributed by atoms with Crippen LogP contribution in [0.5, 0.6) is 5.75 Å². The van der Waals surface area contributed by atoms with E-state index in [-0.39, 0.29) is 0 Å². The van der Waals surface area contributed by atoms with E-state index in [1.165, 1.54) is 5.69 Å². The zero-order valence-electron chi connectivity index (χ0n) is 19.4. The lowest BCUT2D eigenvalue weighted by Crippen LogP contribution is -2.30. The number of carbonyl (C=O) groups is 1. The van der Waals surface area contributed by atoms with Crippen molar-refractivity contribution in [2.45, 2.75) is 25.9 Å². The summed E-state index contributed by atoms with van der Waals surface area (Å²) in [5.41, 5.74) is 2.55. The van der Waals surface area contributed by atoms with Crippen molar-refractivity contribution < 1.29 is 15.0 Å². The number of hydrogen-bond acceptors (Lipinski definition) is 5. The van der Waals surface area contributed by atoms with Crippen LogP contribution in [0.4, 0.5) is 0 Å². The van der Waals surface area contributed by atoms with Gasteiger partial charge in [0.05, 0.1) is 5.69 Å². The number of pyridine rings is 1. The van der Waals surface area contributed by atoms with E-state index in [1.807, 2.05) is 25.1 Å². The van der Waals surface area contributed by atoms with Crippen molar-refractivity contribution in [1.82, 2.24) is 19.4 Å². The lowest BCUT2D eigenvalue weighted by atomic mass is 9.99. The molecule has 0 bridgehead atoms. The number of aromatic carboxylic acids is 1. The van der Waals surface area contributed by atoms with Gasteiger partial charge in [-0.25, -0.2) is 4.79 Å². The van der Waals surface area contributed by atoms with E-state index < -0.39 is 22.8 Å². The average molecular weight is 451 g/mol. The number of rotatable bonds is 6. The number of aromatic nitrogens is 2. The maximum atomic E-state index is 12.3. The molecule has 3 aromatic rings. The highest BCUT2D eigenvalue weighted by Crippen LogP contribution is 2.48. The van der Waals surface area contributed by atoms with E-state index in [1.54, 1.807) is 0 Å². The topological polar surface area (TPSA) is 102 Å². The first-order chi connectivity index (χ1) is 15.7. The number of likely N-dealkylation sites (tertiary alicyclic amines) is 1. The fourth-order valence-electron chi connectivity index (χ4n) is 5.84. The molecule has 2 aliphatic rings. The van der Waals surface area contributed by atoms with Crippen LogP contribution in [-0.4, -0.2) is 68.8 Å². The van der Waals surface area contributed by atoms with Crippen molar-refractivity contribution >= 4 is 16.9 Å². The summed E-state index contributed by atoms with van der Waals surface area (Å²) in [5.74, 6) is -0.324. The molecule has 1 saturated carbocycles. The molecule has 0 radical (unpaired) electrons. The largest absolute Gasteiger partial charge is 0.506 e. The molecule has 1 saturated heterocycles. The smallest absolute Gasteiger partial charge is 0.345 e. The molecule has 1 aliphatic carbocycles. The first kappa shape index (κ1) is 21.7. The van der Waals surface area contributed by atoms with Crippen molar-refractivity contribution in [3.05, 3.63) is 51.4 Å². The molecule has 3 N–H and O–H groups in total. The molecule has 174 valence electrons. The molecule has 1 aliphatic heterocycles. The molecule has 8 nitrogen and oxygen atoms in total. The highest BCUT2D eigenvalue weighted by Gasteiger charge is 2.56. The number of H-pyrrole nitrogens is 1. The molecule has 3 heterocycles. The highest BCUT2D eigenvalue weighted by molar-refractivity contribution is 5.92. The van der Waals surface area contributed by atoms with E-state index in [4.69, 9.17) is 0 Å². The number of fused-ring (bicyclic) bond motifs is 2. The van der Waals surface area contributed by atoms with Gasteiger partial charge in [0.25, 0.3) is 5.56 Å². The van der Waals surface area contributed by atoms with Gasteiger partial charge in [0.15, 0.2) is 5.56 Å². The molecular formula is C25H30N4O4. The normalized spacial score (nSPS) is 22.3. The second-order valence-electron chi connectivity index (χ2n) is 9.63. The molecule has 1 aromatic carbocycles. The first-order valence-electron chi connectivity index (χ1n) is 11.4. The number of piperidine rings is 1. The van der Waals surface area contributed by atoms with E-state index in [2.05, 4.69) is 46.6 Å². The Morgan fingerprint density at radius 2 is 1.91 bits per heavy atom. The quantitative estimate of drug-likeness (QED) is 0.533. The summed E-state index contributed by atoms with van der Waals surface area (Å²) in [6, 6.07) is 8.82. The van der Waals surface area contributed by atoms with Gasteiger partial charge in [-0.1, -0.05) is 13.0 Å². The summed E-state index contributed by atoms with van der Waals surface area (Å²) < 4.78 is 2.21. The van der Waals surface area contributed by atoms with Crippen molar-refractivity contribution in [3.8, 4) is 17.0 Å². The van der Waals surface area contributed by atoms with Crippen molar-refractivity contribution in [2.75, 3.05) is 27.2 Å². The molecule has 0 amide bonds. The van der Waals surface area contributed by atoms with Crippen molar-refractivity contribution in [3.63, 3.8) is 0 Å². The zero-order valence-corrected chi connectivity index (χ0v) is 19.4. The van der Waals surface area contributed by atoms with Gasteiger partial charge in [-0.3, -0.25) is 9.69 Å². The molecule has 3 atom stereocenters. The predicted octanol–water partition coefficient (Wildman–Crippen LogP) is 2.49. The maximum Gasteiger partial charge on any atom is 0.345 e. The fraction of sp³-hybridized carbons (Fsp3) is 0.440. The minimum Gasteiger partial charge on any atom is -0.506 e. The van der Waals surface area contributed by atoms with Gasteiger partial charge < -0.3 is 24.7 Å². The Labute approximate surface area is 192 Å². The Bertz CT molecular complexity index is 1310. The highest BCUT2D eigenvalue weighted by atomic mass is 16.4. The van der Waals surface area contributed by atoms with E-state index in [0.29, 0.717) is 17.7 Å². The Morgan fingerprint density at radius 1 is 1.21 bits per heavy atom. The molecular weight excluding hydrogens is 420 g/mol. The van der Waals surface area contributed by atoms with Crippen LogP contribution in [0.2, 0.25) is 0 Å². The summed E-state index contributed by atoms with van der Waals surface area (Å²) in [4.78, 5) is 31.3. The minimum absolute atomic E-state index is 0.390.